The van der Waals surface area contributed by atoms with Gasteiger partial charge in [0.1, 0.15) is 17.7 Å². The van der Waals surface area contributed by atoms with Crippen LogP contribution in [0.5, 0.6) is 5.75 Å². The van der Waals surface area contributed by atoms with E-state index in [-0.39, 0.29) is 11.9 Å². The zero-order valence-corrected chi connectivity index (χ0v) is 11.3. The van der Waals surface area contributed by atoms with Crippen molar-refractivity contribution in [3.63, 3.8) is 0 Å². The van der Waals surface area contributed by atoms with Gasteiger partial charge in [0.2, 0.25) is 0 Å². The molecule has 0 spiro atoms. The lowest BCUT2D eigenvalue weighted by atomic mass is 10.0. The summed E-state index contributed by atoms with van der Waals surface area (Å²) in [7, 11) is 0. The first-order valence-corrected chi connectivity index (χ1v) is 7.01. The molecule has 0 amide bonds. The minimum atomic E-state index is -0.194. The first-order valence-electron chi connectivity index (χ1n) is 7.01. The first kappa shape index (κ1) is 13.1. The highest BCUT2D eigenvalue weighted by atomic mass is 19.1. The van der Waals surface area contributed by atoms with Crippen molar-refractivity contribution in [1.29, 1.82) is 0 Å². The predicted octanol–water partition coefficient (Wildman–Crippen LogP) is 3.31. The van der Waals surface area contributed by atoms with Crippen molar-refractivity contribution in [1.82, 2.24) is 5.32 Å². The largest absolute Gasteiger partial charge is 0.489 e. The van der Waals surface area contributed by atoms with Gasteiger partial charge >= 0.3 is 0 Å². The summed E-state index contributed by atoms with van der Waals surface area (Å²) in [4.78, 5) is 0. The van der Waals surface area contributed by atoms with Gasteiger partial charge < -0.3 is 10.1 Å². The number of rotatable bonds is 4. The summed E-state index contributed by atoms with van der Waals surface area (Å²) in [5, 5.41) is 3.37. The Kier molecular flexibility index (Phi) is 3.97. The third-order valence-corrected chi connectivity index (χ3v) is 3.62. The molecule has 0 bridgehead atoms. The van der Waals surface area contributed by atoms with Crippen LogP contribution in [0.15, 0.2) is 48.5 Å². The van der Waals surface area contributed by atoms with Crippen LogP contribution in [0.2, 0.25) is 0 Å². The standard InChI is InChI=1S/C17H18FNO/c18-15-8-5-13(6-9-15)11-19-12-16-10-7-14-3-1-2-4-17(14)20-16/h1-6,8-9,16,19H,7,10-12H2/t16-/m1/s1. The van der Waals surface area contributed by atoms with E-state index in [0.29, 0.717) is 0 Å². The molecule has 0 fully saturated rings. The molecule has 3 heteroatoms. The van der Waals surface area contributed by atoms with Crippen LogP contribution >= 0.6 is 0 Å². The normalized spacial score (nSPS) is 17.4. The van der Waals surface area contributed by atoms with Crippen LogP contribution < -0.4 is 10.1 Å². The summed E-state index contributed by atoms with van der Waals surface area (Å²) in [6.07, 6.45) is 2.32. The van der Waals surface area contributed by atoms with E-state index in [2.05, 4.69) is 17.4 Å². The molecule has 3 rings (SSSR count). The molecule has 0 saturated carbocycles. The topological polar surface area (TPSA) is 21.3 Å². The molecule has 20 heavy (non-hydrogen) atoms. The number of halogens is 1. The van der Waals surface area contributed by atoms with Gasteiger partial charge in [0, 0.05) is 13.1 Å². The van der Waals surface area contributed by atoms with E-state index >= 15 is 0 Å². The summed E-state index contributed by atoms with van der Waals surface area (Å²) in [5.74, 6) is 0.813. The molecule has 2 nitrogen and oxygen atoms in total. The van der Waals surface area contributed by atoms with Crippen LogP contribution in [0.3, 0.4) is 0 Å². The van der Waals surface area contributed by atoms with Crippen molar-refractivity contribution in [2.75, 3.05) is 6.54 Å². The molecule has 1 aliphatic heterocycles. The van der Waals surface area contributed by atoms with Crippen LogP contribution in [0.4, 0.5) is 4.39 Å². The zero-order valence-electron chi connectivity index (χ0n) is 11.3. The molecule has 2 aromatic carbocycles. The Balaban J connectivity index is 1.49. The second-order valence-electron chi connectivity index (χ2n) is 5.14. The molecule has 0 unspecified atom stereocenters. The number of fused-ring (bicyclic) bond motifs is 1. The fraction of sp³-hybridized carbons (Fsp3) is 0.294. The van der Waals surface area contributed by atoms with Crippen molar-refractivity contribution in [2.24, 2.45) is 0 Å². The highest BCUT2D eigenvalue weighted by Gasteiger charge is 2.18. The molecule has 104 valence electrons. The number of hydrogen-bond acceptors (Lipinski definition) is 2. The molecular formula is C17H18FNO. The van der Waals surface area contributed by atoms with Crippen molar-refractivity contribution in [3.05, 3.63) is 65.5 Å². The molecule has 1 aliphatic rings. The van der Waals surface area contributed by atoms with Crippen molar-refractivity contribution < 1.29 is 9.13 Å². The smallest absolute Gasteiger partial charge is 0.123 e. The Bertz CT molecular complexity index is 567. The lowest BCUT2D eigenvalue weighted by Gasteiger charge is -2.26. The highest BCUT2D eigenvalue weighted by molar-refractivity contribution is 5.35. The van der Waals surface area contributed by atoms with Crippen LogP contribution in [-0.2, 0) is 13.0 Å². The fourth-order valence-corrected chi connectivity index (χ4v) is 2.50. The third-order valence-electron chi connectivity index (χ3n) is 3.62. The molecule has 1 heterocycles. The van der Waals surface area contributed by atoms with Crippen molar-refractivity contribution in [2.45, 2.75) is 25.5 Å². The lowest BCUT2D eigenvalue weighted by molar-refractivity contribution is 0.170. The third kappa shape index (κ3) is 3.17. The van der Waals surface area contributed by atoms with Gasteiger partial charge in [0.05, 0.1) is 0 Å². The van der Waals surface area contributed by atoms with E-state index in [1.807, 2.05) is 12.1 Å². The van der Waals surface area contributed by atoms with Crippen LogP contribution in [0.25, 0.3) is 0 Å². The first-order chi connectivity index (χ1) is 9.81. The van der Waals surface area contributed by atoms with Gasteiger partial charge in [-0.05, 0) is 42.2 Å². The zero-order chi connectivity index (χ0) is 13.8. The fourth-order valence-electron chi connectivity index (χ4n) is 2.50. The molecule has 1 atom stereocenters. The maximum Gasteiger partial charge on any atom is 0.123 e. The van der Waals surface area contributed by atoms with E-state index in [1.54, 1.807) is 12.1 Å². The molecule has 0 radical (unpaired) electrons. The monoisotopic (exact) mass is 271 g/mol. The summed E-state index contributed by atoms with van der Waals surface area (Å²) < 4.78 is 18.8. The molecular weight excluding hydrogens is 253 g/mol. The van der Waals surface area contributed by atoms with Gasteiger partial charge in [-0.25, -0.2) is 4.39 Å². The Morgan fingerprint density at radius 3 is 2.75 bits per heavy atom. The van der Waals surface area contributed by atoms with E-state index in [0.717, 1.165) is 37.2 Å². The summed E-state index contributed by atoms with van der Waals surface area (Å²) in [6, 6.07) is 14.8. The summed E-state index contributed by atoms with van der Waals surface area (Å²) >= 11 is 0. The summed E-state index contributed by atoms with van der Waals surface area (Å²) in [6.45, 7) is 1.55. The molecule has 0 saturated heterocycles. The quantitative estimate of drug-likeness (QED) is 0.921. The van der Waals surface area contributed by atoms with Gasteiger partial charge in [-0.3, -0.25) is 0 Å². The van der Waals surface area contributed by atoms with Gasteiger partial charge in [0.15, 0.2) is 0 Å². The number of hydrogen-bond donors (Lipinski definition) is 1. The van der Waals surface area contributed by atoms with Gasteiger partial charge in [-0.1, -0.05) is 30.3 Å². The number of aryl methyl sites for hydroxylation is 1. The van der Waals surface area contributed by atoms with Crippen LogP contribution in [-0.4, -0.2) is 12.6 Å². The van der Waals surface area contributed by atoms with Gasteiger partial charge in [-0.15, -0.1) is 0 Å². The minimum Gasteiger partial charge on any atom is -0.489 e. The number of benzene rings is 2. The Morgan fingerprint density at radius 1 is 1.10 bits per heavy atom. The van der Waals surface area contributed by atoms with Crippen molar-refractivity contribution >= 4 is 0 Å². The molecule has 0 aliphatic carbocycles. The van der Waals surface area contributed by atoms with E-state index < -0.39 is 0 Å². The molecule has 0 aromatic heterocycles. The predicted molar refractivity (Wildman–Crippen MR) is 77.3 cm³/mol. The SMILES string of the molecule is Fc1ccc(CNC[C@H]2CCc3ccccc3O2)cc1. The minimum absolute atomic E-state index is 0.194. The van der Waals surface area contributed by atoms with E-state index in [1.165, 1.54) is 17.7 Å². The highest BCUT2D eigenvalue weighted by Crippen LogP contribution is 2.26. The van der Waals surface area contributed by atoms with Gasteiger partial charge in [-0.2, -0.15) is 0 Å². The maximum absolute atomic E-state index is 12.8. The van der Waals surface area contributed by atoms with Crippen molar-refractivity contribution in [3.8, 4) is 5.75 Å². The summed E-state index contributed by atoms with van der Waals surface area (Å²) in [5.41, 5.74) is 2.38. The van der Waals surface area contributed by atoms with Crippen LogP contribution in [0, 0.1) is 5.82 Å². The van der Waals surface area contributed by atoms with E-state index in [9.17, 15) is 4.39 Å². The van der Waals surface area contributed by atoms with Gasteiger partial charge in [0.25, 0.3) is 0 Å². The average Bonchev–Trinajstić information content (AvgIpc) is 2.49. The average molecular weight is 271 g/mol. The Labute approximate surface area is 118 Å². The maximum atomic E-state index is 12.8. The second-order valence-corrected chi connectivity index (χ2v) is 5.14. The lowest BCUT2D eigenvalue weighted by Crippen LogP contribution is -2.33. The number of ether oxygens (including phenoxy) is 1. The van der Waals surface area contributed by atoms with E-state index in [4.69, 9.17) is 4.74 Å². The molecule has 2 aromatic rings. The second kappa shape index (κ2) is 6.06. The Morgan fingerprint density at radius 2 is 1.90 bits per heavy atom. The Hall–Kier alpha value is -1.87. The number of nitrogens with one attached hydrogen (secondary N) is 1. The number of para-hydroxylation sites is 1. The van der Waals surface area contributed by atoms with Crippen LogP contribution in [0.1, 0.15) is 17.5 Å². The molecule has 1 N–H and O–H groups in total.